The molecule has 0 atom stereocenters. The van der Waals surface area contributed by atoms with E-state index < -0.39 is 5.91 Å². The van der Waals surface area contributed by atoms with Crippen LogP contribution in [0.15, 0.2) is 66.9 Å². The second-order valence-electron chi connectivity index (χ2n) is 10.6. The summed E-state index contributed by atoms with van der Waals surface area (Å²) in [4.78, 5) is 24.5. The van der Waals surface area contributed by atoms with E-state index in [1.54, 1.807) is 30.3 Å². The molecule has 8 nitrogen and oxygen atoms in total. The van der Waals surface area contributed by atoms with Gasteiger partial charge in [-0.15, -0.1) is 0 Å². The van der Waals surface area contributed by atoms with E-state index in [0.29, 0.717) is 29.5 Å². The standard InChI is InChI=1S/C30H33ClN4O4/c1-18(27(34)36)13-19(11-12-32)22-7-6-8-25(23(22)17-33)38-26-10-9-20(14-24(26)31)28(37)35-21-15-29(2,3)39-30(4,5)16-21/h6-14,21H,1,15-16,32H2,2-5H3,(H2,34,36)(H,35,37)/b12-11-,19-13+. The number of rotatable bonds is 8. The van der Waals surface area contributed by atoms with Crippen LogP contribution >= 0.6 is 11.6 Å². The predicted molar refractivity (Wildman–Crippen MR) is 152 cm³/mol. The van der Waals surface area contributed by atoms with E-state index in [9.17, 15) is 14.9 Å². The van der Waals surface area contributed by atoms with Crippen molar-refractivity contribution in [2.45, 2.75) is 57.8 Å². The van der Waals surface area contributed by atoms with E-state index in [4.69, 9.17) is 32.5 Å². The van der Waals surface area contributed by atoms with Gasteiger partial charge < -0.3 is 26.3 Å². The monoisotopic (exact) mass is 548 g/mol. The predicted octanol–water partition coefficient (Wildman–Crippen LogP) is 5.37. The fraction of sp³-hybridized carbons (Fsp3) is 0.300. The minimum atomic E-state index is -0.705. The third-order valence-electron chi connectivity index (χ3n) is 6.15. The highest BCUT2D eigenvalue weighted by molar-refractivity contribution is 6.32. The van der Waals surface area contributed by atoms with Crippen molar-refractivity contribution < 1.29 is 19.1 Å². The van der Waals surface area contributed by atoms with Gasteiger partial charge in [-0.2, -0.15) is 5.26 Å². The Morgan fingerprint density at radius 1 is 1.18 bits per heavy atom. The Labute approximate surface area is 233 Å². The van der Waals surface area contributed by atoms with Crippen LogP contribution in [0.1, 0.15) is 62.0 Å². The summed E-state index contributed by atoms with van der Waals surface area (Å²) in [6.07, 6.45) is 5.61. The quantitative estimate of drug-likeness (QED) is 0.299. The molecule has 2 aromatic carbocycles. The topological polar surface area (TPSA) is 140 Å². The van der Waals surface area contributed by atoms with E-state index >= 15 is 0 Å². The molecule has 0 bridgehead atoms. The van der Waals surface area contributed by atoms with E-state index in [-0.39, 0.29) is 50.8 Å². The zero-order valence-corrected chi connectivity index (χ0v) is 23.3. The summed E-state index contributed by atoms with van der Waals surface area (Å²) in [7, 11) is 0. The molecule has 0 aliphatic carbocycles. The van der Waals surface area contributed by atoms with Gasteiger partial charge in [0.25, 0.3) is 5.91 Å². The zero-order valence-electron chi connectivity index (χ0n) is 22.5. The normalized spacial score (nSPS) is 16.9. The fourth-order valence-corrected chi connectivity index (χ4v) is 5.07. The Bertz CT molecular complexity index is 1390. The molecule has 0 radical (unpaired) electrons. The lowest BCUT2D eigenvalue weighted by atomic mass is 9.85. The van der Waals surface area contributed by atoms with Gasteiger partial charge in [0.1, 0.15) is 23.1 Å². The number of nitriles is 1. The third-order valence-corrected chi connectivity index (χ3v) is 6.44. The van der Waals surface area contributed by atoms with Gasteiger partial charge in [0.05, 0.1) is 16.2 Å². The Kier molecular flexibility index (Phi) is 8.90. The molecule has 0 spiro atoms. The summed E-state index contributed by atoms with van der Waals surface area (Å²) in [6, 6.07) is 11.8. The molecule has 0 saturated carbocycles. The molecular formula is C30H33ClN4O4. The summed E-state index contributed by atoms with van der Waals surface area (Å²) in [5, 5.41) is 13.2. The van der Waals surface area contributed by atoms with Gasteiger partial charge in [-0.25, -0.2) is 0 Å². The number of carbonyl (C=O) groups excluding carboxylic acids is 2. The van der Waals surface area contributed by atoms with E-state index in [1.807, 2.05) is 27.7 Å². The number of nitrogens with two attached hydrogens (primary N) is 2. The minimum absolute atomic E-state index is 0.0445. The van der Waals surface area contributed by atoms with Crippen molar-refractivity contribution in [1.82, 2.24) is 5.32 Å². The number of allylic oxidation sites excluding steroid dienone is 2. The Balaban J connectivity index is 1.86. The van der Waals surface area contributed by atoms with Gasteiger partial charge in [0, 0.05) is 22.7 Å². The summed E-state index contributed by atoms with van der Waals surface area (Å²) in [5.41, 5.74) is 11.7. The molecule has 9 heteroatoms. The molecule has 1 fully saturated rings. The fourth-order valence-electron chi connectivity index (χ4n) is 4.85. The van der Waals surface area contributed by atoms with Crippen LogP contribution in [0.5, 0.6) is 11.5 Å². The molecule has 1 aliphatic rings. The van der Waals surface area contributed by atoms with Crippen molar-refractivity contribution in [3.8, 4) is 17.6 Å². The molecule has 204 valence electrons. The highest BCUT2D eigenvalue weighted by atomic mass is 35.5. The molecule has 1 heterocycles. The second-order valence-corrected chi connectivity index (χ2v) is 11.0. The number of primary amides is 1. The van der Waals surface area contributed by atoms with E-state index in [1.165, 1.54) is 24.4 Å². The number of hydrogen-bond acceptors (Lipinski definition) is 6. The molecule has 1 aliphatic heterocycles. The molecule has 3 rings (SSSR count). The number of halogens is 1. The Morgan fingerprint density at radius 2 is 1.85 bits per heavy atom. The van der Waals surface area contributed by atoms with Crippen LogP contribution in [0, 0.1) is 11.3 Å². The number of benzene rings is 2. The third kappa shape index (κ3) is 7.50. The second kappa shape index (κ2) is 11.8. The number of ether oxygens (including phenoxy) is 2. The van der Waals surface area contributed by atoms with Gasteiger partial charge in [0.15, 0.2) is 0 Å². The summed E-state index contributed by atoms with van der Waals surface area (Å²) in [5.74, 6) is -0.470. The summed E-state index contributed by atoms with van der Waals surface area (Å²) < 4.78 is 12.1. The van der Waals surface area contributed by atoms with Gasteiger partial charge in [-0.3, -0.25) is 9.59 Å². The largest absolute Gasteiger partial charge is 0.454 e. The number of nitrogens with one attached hydrogen (secondary N) is 1. The van der Waals surface area contributed by atoms with E-state index in [0.717, 1.165) is 0 Å². The molecule has 5 N–H and O–H groups in total. The zero-order chi connectivity index (χ0) is 29.0. The molecule has 39 heavy (non-hydrogen) atoms. The number of carbonyl (C=O) groups is 2. The van der Waals surface area contributed by atoms with Crippen LogP contribution in [-0.4, -0.2) is 29.1 Å². The highest BCUT2D eigenvalue weighted by Gasteiger charge is 2.39. The molecule has 2 aromatic rings. The molecule has 0 unspecified atom stereocenters. The van der Waals surface area contributed by atoms with Crippen LogP contribution in [-0.2, 0) is 9.53 Å². The lowest BCUT2D eigenvalue weighted by Gasteiger charge is -2.45. The van der Waals surface area contributed by atoms with Crippen molar-refractivity contribution in [3.63, 3.8) is 0 Å². The Morgan fingerprint density at radius 3 is 2.41 bits per heavy atom. The van der Waals surface area contributed by atoms with Gasteiger partial charge in [-0.1, -0.05) is 30.3 Å². The average molecular weight is 549 g/mol. The summed E-state index contributed by atoms with van der Waals surface area (Å²) >= 11 is 6.50. The molecule has 0 aromatic heterocycles. The number of amides is 2. The van der Waals surface area contributed by atoms with Crippen molar-refractivity contribution in [2.75, 3.05) is 0 Å². The van der Waals surface area contributed by atoms with Crippen LogP contribution < -0.4 is 21.5 Å². The Hall–Kier alpha value is -4.06. The first kappa shape index (κ1) is 29.5. The van der Waals surface area contributed by atoms with Crippen molar-refractivity contribution in [1.29, 1.82) is 5.26 Å². The van der Waals surface area contributed by atoms with Crippen LogP contribution in [0.3, 0.4) is 0 Å². The van der Waals surface area contributed by atoms with Crippen molar-refractivity contribution >= 4 is 29.0 Å². The number of nitrogens with zero attached hydrogens (tertiary/aromatic N) is 1. The SMILES string of the molecule is C=C(/C=C(\C=C/N)c1cccc(Oc2ccc(C(=O)NC3CC(C)(C)OC(C)(C)C3)cc2Cl)c1C#N)C(N)=O. The first-order chi connectivity index (χ1) is 18.2. The van der Waals surface area contributed by atoms with Crippen LogP contribution in [0.25, 0.3) is 5.57 Å². The number of hydrogen-bond donors (Lipinski definition) is 3. The van der Waals surface area contributed by atoms with Crippen LogP contribution in [0.2, 0.25) is 5.02 Å². The van der Waals surface area contributed by atoms with Gasteiger partial charge in [-0.05, 0) is 88.7 Å². The van der Waals surface area contributed by atoms with Gasteiger partial charge >= 0.3 is 0 Å². The first-order valence-electron chi connectivity index (χ1n) is 12.4. The van der Waals surface area contributed by atoms with Crippen molar-refractivity contribution in [3.05, 3.63) is 88.6 Å². The minimum Gasteiger partial charge on any atom is -0.454 e. The lowest BCUT2D eigenvalue weighted by Crippen LogP contribution is -2.52. The maximum absolute atomic E-state index is 13.0. The molecular weight excluding hydrogens is 516 g/mol. The maximum Gasteiger partial charge on any atom is 0.251 e. The molecule has 2 amide bonds. The lowest BCUT2D eigenvalue weighted by molar-refractivity contribution is -0.162. The average Bonchev–Trinajstić information content (AvgIpc) is 2.82. The van der Waals surface area contributed by atoms with Gasteiger partial charge in [0.2, 0.25) is 5.91 Å². The first-order valence-corrected chi connectivity index (χ1v) is 12.7. The smallest absolute Gasteiger partial charge is 0.251 e. The maximum atomic E-state index is 13.0. The van der Waals surface area contributed by atoms with Crippen LogP contribution in [0.4, 0.5) is 0 Å². The summed E-state index contributed by atoms with van der Waals surface area (Å²) in [6.45, 7) is 11.7. The molecule has 1 saturated heterocycles. The van der Waals surface area contributed by atoms with Crippen molar-refractivity contribution in [2.24, 2.45) is 11.5 Å². The highest BCUT2D eigenvalue weighted by Crippen LogP contribution is 2.37. The van der Waals surface area contributed by atoms with E-state index in [2.05, 4.69) is 18.0 Å².